The van der Waals surface area contributed by atoms with Crippen LogP contribution in [0.2, 0.25) is 0 Å². The number of aliphatic hydroxyl groups excluding tert-OH is 1. The predicted molar refractivity (Wildman–Crippen MR) is 67.0 cm³/mol. The van der Waals surface area contributed by atoms with Crippen molar-refractivity contribution in [2.45, 2.75) is 13.8 Å². The van der Waals surface area contributed by atoms with Gasteiger partial charge in [-0.05, 0) is 38.1 Å². The van der Waals surface area contributed by atoms with Gasteiger partial charge in [0.15, 0.2) is 0 Å². The molecule has 2 aromatic rings. The maximum atomic E-state index is 8.67. The number of nitrogens with zero attached hydrogens (tertiary/aromatic N) is 2. The van der Waals surface area contributed by atoms with Crippen LogP contribution < -0.4 is 0 Å². The molecule has 1 aromatic heterocycles. The molecule has 0 aliphatic heterocycles. The summed E-state index contributed by atoms with van der Waals surface area (Å²) >= 11 is 0. The second-order valence-corrected chi connectivity index (χ2v) is 3.85. The summed E-state index contributed by atoms with van der Waals surface area (Å²) in [6.45, 7) is 3.87. The Bertz CT molecular complexity index is 588. The van der Waals surface area contributed by atoms with Gasteiger partial charge in [0.05, 0.1) is 11.4 Å². The lowest BCUT2D eigenvalue weighted by atomic mass is 10.2. The van der Waals surface area contributed by atoms with E-state index in [4.69, 9.17) is 5.11 Å². The fourth-order valence-electron chi connectivity index (χ4n) is 1.75. The zero-order chi connectivity index (χ0) is 12.3. The molecular weight excluding hydrogens is 212 g/mol. The third-order valence-electron chi connectivity index (χ3n) is 2.41. The molecule has 0 amide bonds. The summed E-state index contributed by atoms with van der Waals surface area (Å²) in [4.78, 5) is 0. The number of aromatic nitrogens is 2. The molecule has 1 heterocycles. The molecule has 1 N–H and O–H groups in total. The van der Waals surface area contributed by atoms with Crippen molar-refractivity contribution in [1.82, 2.24) is 9.78 Å². The van der Waals surface area contributed by atoms with Gasteiger partial charge in [0.25, 0.3) is 0 Å². The summed E-state index contributed by atoms with van der Waals surface area (Å²) < 4.78 is 1.89. The Hall–Kier alpha value is -2.05. The van der Waals surface area contributed by atoms with Crippen molar-refractivity contribution in [3.8, 4) is 17.5 Å². The van der Waals surface area contributed by atoms with Crippen molar-refractivity contribution in [2.75, 3.05) is 6.61 Å². The van der Waals surface area contributed by atoms with E-state index in [1.54, 1.807) is 0 Å². The number of aryl methyl sites for hydroxylation is 2. The summed E-state index contributed by atoms with van der Waals surface area (Å²) in [5, 5.41) is 13.1. The average molecular weight is 226 g/mol. The molecule has 0 atom stereocenters. The molecule has 0 spiro atoms. The van der Waals surface area contributed by atoms with Crippen molar-refractivity contribution in [2.24, 2.45) is 0 Å². The molecule has 0 radical (unpaired) electrons. The minimum absolute atomic E-state index is 0.121. The minimum Gasteiger partial charge on any atom is -0.384 e. The van der Waals surface area contributed by atoms with Gasteiger partial charge in [-0.25, -0.2) is 4.68 Å². The molecule has 1 aromatic carbocycles. The molecule has 17 heavy (non-hydrogen) atoms. The smallest absolute Gasteiger partial charge is 0.104 e. The van der Waals surface area contributed by atoms with Crippen LogP contribution in [-0.4, -0.2) is 21.5 Å². The summed E-state index contributed by atoms with van der Waals surface area (Å²) in [6.07, 6.45) is 0. The molecule has 0 fully saturated rings. The highest BCUT2D eigenvalue weighted by Crippen LogP contribution is 2.13. The average Bonchev–Trinajstić information content (AvgIpc) is 2.66. The molecule has 0 bridgehead atoms. The Morgan fingerprint density at radius 3 is 2.76 bits per heavy atom. The molecule has 0 unspecified atom stereocenters. The molecule has 0 saturated carbocycles. The van der Waals surface area contributed by atoms with E-state index in [9.17, 15) is 0 Å². The quantitative estimate of drug-likeness (QED) is 0.753. The summed E-state index contributed by atoms with van der Waals surface area (Å²) in [6, 6.07) is 9.84. The topological polar surface area (TPSA) is 38.0 Å². The molecule has 86 valence electrons. The van der Waals surface area contributed by atoms with Gasteiger partial charge in [-0.2, -0.15) is 5.10 Å². The Morgan fingerprint density at radius 2 is 2.12 bits per heavy atom. The number of hydrogen-bond donors (Lipinski definition) is 1. The van der Waals surface area contributed by atoms with Gasteiger partial charge in [0.2, 0.25) is 0 Å². The molecule has 2 rings (SSSR count). The molecule has 0 aliphatic rings. The monoisotopic (exact) mass is 226 g/mol. The van der Waals surface area contributed by atoms with Gasteiger partial charge in [-0.1, -0.05) is 17.9 Å². The van der Waals surface area contributed by atoms with E-state index >= 15 is 0 Å². The normalized spacial score (nSPS) is 9.82. The van der Waals surface area contributed by atoms with E-state index in [-0.39, 0.29) is 6.61 Å². The first kappa shape index (κ1) is 11.4. The van der Waals surface area contributed by atoms with Crippen LogP contribution in [0.5, 0.6) is 0 Å². The van der Waals surface area contributed by atoms with E-state index in [1.165, 1.54) is 0 Å². The highest BCUT2D eigenvalue weighted by Gasteiger charge is 2.03. The van der Waals surface area contributed by atoms with E-state index in [0.29, 0.717) is 0 Å². The van der Waals surface area contributed by atoms with Crippen LogP contribution >= 0.6 is 0 Å². The SMILES string of the molecule is Cc1cc(C)n(-c2cccc(C#CCO)c2)n1. The lowest BCUT2D eigenvalue weighted by Crippen LogP contribution is -1.99. The third-order valence-corrected chi connectivity index (χ3v) is 2.41. The number of aliphatic hydroxyl groups is 1. The van der Waals surface area contributed by atoms with Crippen LogP contribution in [0.15, 0.2) is 30.3 Å². The van der Waals surface area contributed by atoms with Crippen LogP contribution in [0, 0.1) is 25.7 Å². The Morgan fingerprint density at radius 1 is 1.29 bits per heavy atom. The molecule has 3 heteroatoms. The van der Waals surface area contributed by atoms with Gasteiger partial charge < -0.3 is 5.11 Å². The predicted octanol–water partition coefficient (Wildman–Crippen LogP) is 1.83. The summed E-state index contributed by atoms with van der Waals surface area (Å²) in [7, 11) is 0. The van der Waals surface area contributed by atoms with Crippen LogP contribution in [0.25, 0.3) is 5.69 Å². The lowest BCUT2D eigenvalue weighted by Gasteiger charge is -2.04. The number of rotatable bonds is 1. The van der Waals surface area contributed by atoms with Crippen molar-refractivity contribution in [3.05, 3.63) is 47.3 Å². The van der Waals surface area contributed by atoms with Crippen LogP contribution in [0.4, 0.5) is 0 Å². The Labute approximate surface area is 101 Å². The van der Waals surface area contributed by atoms with E-state index in [1.807, 2.05) is 48.9 Å². The second kappa shape index (κ2) is 4.86. The van der Waals surface area contributed by atoms with Crippen LogP contribution in [0.3, 0.4) is 0 Å². The Balaban J connectivity index is 2.43. The maximum Gasteiger partial charge on any atom is 0.104 e. The van der Waals surface area contributed by atoms with Crippen molar-refractivity contribution in [1.29, 1.82) is 0 Å². The van der Waals surface area contributed by atoms with Crippen molar-refractivity contribution < 1.29 is 5.11 Å². The molecular formula is C14H14N2O. The number of benzene rings is 1. The zero-order valence-corrected chi connectivity index (χ0v) is 9.94. The fraction of sp³-hybridized carbons (Fsp3) is 0.214. The largest absolute Gasteiger partial charge is 0.384 e. The van der Waals surface area contributed by atoms with Gasteiger partial charge in [0.1, 0.15) is 6.61 Å². The first-order valence-corrected chi connectivity index (χ1v) is 5.44. The first-order valence-electron chi connectivity index (χ1n) is 5.44. The molecule has 0 saturated heterocycles. The van der Waals surface area contributed by atoms with E-state index in [0.717, 1.165) is 22.6 Å². The summed E-state index contributed by atoms with van der Waals surface area (Å²) in [5.41, 5.74) is 3.95. The van der Waals surface area contributed by atoms with Gasteiger partial charge in [0, 0.05) is 11.3 Å². The van der Waals surface area contributed by atoms with Gasteiger partial charge in [-0.3, -0.25) is 0 Å². The first-order chi connectivity index (χ1) is 8.20. The zero-order valence-electron chi connectivity index (χ0n) is 9.94. The van der Waals surface area contributed by atoms with Crippen LogP contribution in [0.1, 0.15) is 17.0 Å². The standard InChI is InChI=1S/C14H14N2O/c1-11-9-12(2)16(15-11)14-7-3-5-13(10-14)6-4-8-17/h3,5,7,9-10,17H,8H2,1-2H3. The fourth-order valence-corrected chi connectivity index (χ4v) is 1.75. The molecule has 3 nitrogen and oxygen atoms in total. The van der Waals surface area contributed by atoms with Gasteiger partial charge >= 0.3 is 0 Å². The van der Waals surface area contributed by atoms with Crippen molar-refractivity contribution >= 4 is 0 Å². The Kier molecular flexibility index (Phi) is 3.27. The minimum atomic E-state index is -0.121. The van der Waals surface area contributed by atoms with Crippen LogP contribution in [-0.2, 0) is 0 Å². The second-order valence-electron chi connectivity index (χ2n) is 3.85. The highest BCUT2D eigenvalue weighted by molar-refractivity contribution is 5.44. The highest BCUT2D eigenvalue weighted by atomic mass is 16.2. The lowest BCUT2D eigenvalue weighted by molar-refractivity contribution is 0.350. The molecule has 0 aliphatic carbocycles. The van der Waals surface area contributed by atoms with Gasteiger partial charge in [-0.15, -0.1) is 0 Å². The van der Waals surface area contributed by atoms with E-state index in [2.05, 4.69) is 16.9 Å². The van der Waals surface area contributed by atoms with Crippen molar-refractivity contribution in [3.63, 3.8) is 0 Å². The number of hydrogen-bond acceptors (Lipinski definition) is 2. The third kappa shape index (κ3) is 2.55. The summed E-state index contributed by atoms with van der Waals surface area (Å²) in [5.74, 6) is 5.53. The van der Waals surface area contributed by atoms with E-state index < -0.39 is 0 Å². The maximum absolute atomic E-state index is 8.67.